The van der Waals surface area contributed by atoms with Gasteiger partial charge in [0.1, 0.15) is 5.76 Å². The molecule has 3 atom stereocenters. The van der Waals surface area contributed by atoms with Gasteiger partial charge in [-0.3, -0.25) is 19.3 Å². The summed E-state index contributed by atoms with van der Waals surface area (Å²) in [5.74, 6) is 0.457. The number of oxazole rings is 1. The molecule has 0 unspecified atom stereocenters. The van der Waals surface area contributed by atoms with Gasteiger partial charge in [-0.15, -0.1) is 0 Å². The lowest BCUT2D eigenvalue weighted by Crippen LogP contribution is -2.44. The molecule has 38 heavy (non-hydrogen) atoms. The van der Waals surface area contributed by atoms with Crippen molar-refractivity contribution in [1.29, 1.82) is 0 Å². The van der Waals surface area contributed by atoms with Crippen LogP contribution in [0.3, 0.4) is 0 Å². The number of ether oxygens (including phenoxy) is 3. The molecular formula is C27H37N3O8. The Morgan fingerprint density at radius 3 is 2.71 bits per heavy atom. The van der Waals surface area contributed by atoms with E-state index in [-0.39, 0.29) is 19.2 Å². The Morgan fingerprint density at radius 2 is 2.05 bits per heavy atom. The molecule has 11 heteroatoms. The maximum atomic E-state index is 13.3. The van der Waals surface area contributed by atoms with Crippen molar-refractivity contribution in [3.63, 3.8) is 0 Å². The van der Waals surface area contributed by atoms with Crippen LogP contribution in [-0.2, 0) is 20.8 Å². The molecule has 0 bridgehead atoms. The van der Waals surface area contributed by atoms with Gasteiger partial charge in [-0.25, -0.2) is 10.0 Å². The molecule has 1 N–H and O–H groups in total. The zero-order chi connectivity index (χ0) is 27.2. The average Bonchev–Trinajstić information content (AvgIpc) is 3.62. The molecule has 0 spiro atoms. The van der Waals surface area contributed by atoms with Crippen LogP contribution >= 0.6 is 0 Å². The minimum Gasteiger partial charge on any atom is -0.493 e. The number of aliphatic carboxylic acids is 1. The minimum atomic E-state index is -0.928. The molecule has 2 aliphatic heterocycles. The van der Waals surface area contributed by atoms with Gasteiger partial charge in [-0.1, -0.05) is 13.8 Å². The molecule has 1 aromatic carbocycles. The smallest absolute Gasteiger partial charge is 0.308 e. The van der Waals surface area contributed by atoms with E-state index in [4.69, 9.17) is 23.5 Å². The number of benzene rings is 1. The second kappa shape index (κ2) is 12.5. The van der Waals surface area contributed by atoms with Crippen molar-refractivity contribution in [3.05, 3.63) is 35.5 Å². The molecule has 3 heterocycles. The van der Waals surface area contributed by atoms with Gasteiger partial charge in [0.25, 0.3) is 5.91 Å². The van der Waals surface area contributed by atoms with Gasteiger partial charge in [0.05, 0.1) is 32.4 Å². The van der Waals surface area contributed by atoms with Crippen LogP contribution in [0.1, 0.15) is 56.2 Å². The molecule has 1 fully saturated rings. The molecule has 2 aliphatic rings. The first kappa shape index (κ1) is 27.7. The van der Waals surface area contributed by atoms with E-state index in [2.05, 4.69) is 4.98 Å². The summed E-state index contributed by atoms with van der Waals surface area (Å²) in [5.41, 5.74) is 0.762. The molecule has 2 aromatic rings. The third kappa shape index (κ3) is 6.05. The van der Waals surface area contributed by atoms with Crippen LogP contribution in [0.5, 0.6) is 17.2 Å². The molecule has 1 amide bonds. The maximum Gasteiger partial charge on any atom is 0.308 e. The van der Waals surface area contributed by atoms with Crippen molar-refractivity contribution in [2.45, 2.75) is 58.4 Å². The predicted octanol–water partition coefficient (Wildman–Crippen LogP) is 3.40. The van der Waals surface area contributed by atoms with E-state index in [0.717, 1.165) is 18.4 Å². The van der Waals surface area contributed by atoms with Gasteiger partial charge in [0, 0.05) is 31.5 Å². The highest BCUT2D eigenvalue weighted by molar-refractivity contribution is 5.78. The van der Waals surface area contributed by atoms with E-state index in [1.807, 2.05) is 37.8 Å². The van der Waals surface area contributed by atoms with Crippen LogP contribution in [0.4, 0.5) is 0 Å². The van der Waals surface area contributed by atoms with E-state index >= 15 is 0 Å². The molecule has 1 saturated heterocycles. The van der Waals surface area contributed by atoms with Crippen molar-refractivity contribution in [2.75, 3.05) is 40.1 Å². The van der Waals surface area contributed by atoms with E-state index < -0.39 is 23.8 Å². The standard InChI is InChI=1S/C27H37N3O8/c1-5-9-30(37-10-6-2)24(31)15-29-14-19(18-11-21(34-4)26-22(12-18)35-16-36-26)25(27(32)33)20(29)7-8-23-28-13-17(3)38-23/h11-13,19-20,25H,5-10,14-16H2,1-4H3,(H,32,33)/t19-,20+,25-/m1/s1. The number of aromatic nitrogens is 1. The van der Waals surface area contributed by atoms with Gasteiger partial charge >= 0.3 is 5.97 Å². The number of hydrogen-bond donors (Lipinski definition) is 1. The third-order valence-corrected chi connectivity index (χ3v) is 6.96. The fraction of sp³-hybridized carbons (Fsp3) is 0.593. The number of carboxylic acid groups (broad SMARTS) is 1. The van der Waals surface area contributed by atoms with E-state index in [1.54, 1.807) is 6.20 Å². The number of aryl methyl sites for hydroxylation is 2. The Balaban J connectivity index is 1.64. The van der Waals surface area contributed by atoms with Gasteiger partial charge < -0.3 is 23.7 Å². The van der Waals surface area contributed by atoms with Gasteiger partial charge in [-0.05, 0) is 43.9 Å². The molecule has 4 rings (SSSR count). The Morgan fingerprint density at radius 1 is 1.24 bits per heavy atom. The molecular weight excluding hydrogens is 494 g/mol. The van der Waals surface area contributed by atoms with Crippen molar-refractivity contribution in [3.8, 4) is 17.2 Å². The summed E-state index contributed by atoms with van der Waals surface area (Å²) in [6.07, 6.45) is 4.10. The SMILES string of the molecule is CCCON(CCC)C(=O)CN1C[C@H](c2cc(OC)c3c(c2)OCO3)[C@@H](C(=O)O)[C@@H]1CCc1ncc(C)o1. The summed E-state index contributed by atoms with van der Waals surface area (Å²) >= 11 is 0. The second-order valence-corrected chi connectivity index (χ2v) is 9.66. The van der Waals surface area contributed by atoms with Gasteiger partial charge in [-0.2, -0.15) is 0 Å². The fourth-order valence-electron chi connectivity index (χ4n) is 5.26. The second-order valence-electron chi connectivity index (χ2n) is 9.66. The first-order chi connectivity index (χ1) is 18.4. The summed E-state index contributed by atoms with van der Waals surface area (Å²) in [7, 11) is 1.54. The van der Waals surface area contributed by atoms with E-state index in [1.165, 1.54) is 12.2 Å². The van der Waals surface area contributed by atoms with Crippen molar-refractivity contribution in [2.24, 2.45) is 5.92 Å². The average molecular weight is 532 g/mol. The van der Waals surface area contributed by atoms with Crippen molar-refractivity contribution >= 4 is 11.9 Å². The Hall–Kier alpha value is -3.31. The topological polar surface area (TPSA) is 124 Å². The number of hydroxylamine groups is 2. The Labute approximate surface area is 222 Å². The third-order valence-electron chi connectivity index (χ3n) is 6.96. The predicted molar refractivity (Wildman–Crippen MR) is 136 cm³/mol. The first-order valence-electron chi connectivity index (χ1n) is 13.1. The largest absolute Gasteiger partial charge is 0.493 e. The molecule has 0 aliphatic carbocycles. The number of carboxylic acids is 1. The molecule has 208 valence electrons. The van der Waals surface area contributed by atoms with E-state index in [0.29, 0.717) is 61.4 Å². The normalized spacial score (nSPS) is 20.6. The Bertz CT molecular complexity index is 1120. The van der Waals surface area contributed by atoms with Gasteiger partial charge in [0.2, 0.25) is 12.5 Å². The molecule has 0 saturated carbocycles. The zero-order valence-electron chi connectivity index (χ0n) is 22.5. The number of carbonyl (C=O) groups excluding carboxylic acids is 1. The molecule has 11 nitrogen and oxygen atoms in total. The number of likely N-dealkylation sites (tertiary alicyclic amines) is 1. The number of nitrogens with zero attached hydrogens (tertiary/aromatic N) is 3. The van der Waals surface area contributed by atoms with Crippen LogP contribution < -0.4 is 14.2 Å². The lowest BCUT2D eigenvalue weighted by atomic mass is 9.83. The summed E-state index contributed by atoms with van der Waals surface area (Å²) in [4.78, 5) is 38.0. The zero-order valence-corrected chi connectivity index (χ0v) is 22.5. The molecule has 1 aromatic heterocycles. The number of rotatable bonds is 13. The lowest BCUT2D eigenvalue weighted by molar-refractivity contribution is -0.188. The maximum absolute atomic E-state index is 13.3. The number of hydrogen-bond acceptors (Lipinski definition) is 9. The van der Waals surface area contributed by atoms with E-state index in [9.17, 15) is 14.7 Å². The summed E-state index contributed by atoms with van der Waals surface area (Å²) in [6, 6.07) is 3.19. The number of methoxy groups -OCH3 is 1. The highest BCUT2D eigenvalue weighted by atomic mass is 16.7. The highest BCUT2D eigenvalue weighted by Crippen LogP contribution is 2.47. The van der Waals surface area contributed by atoms with Crippen LogP contribution in [0, 0.1) is 12.8 Å². The van der Waals surface area contributed by atoms with Crippen LogP contribution in [0.25, 0.3) is 0 Å². The first-order valence-corrected chi connectivity index (χ1v) is 13.1. The highest BCUT2D eigenvalue weighted by Gasteiger charge is 2.47. The number of carbonyl (C=O) groups is 2. The van der Waals surface area contributed by atoms with Crippen LogP contribution in [0.15, 0.2) is 22.7 Å². The number of amides is 1. The fourth-order valence-corrected chi connectivity index (χ4v) is 5.26. The lowest BCUT2D eigenvalue weighted by Gasteiger charge is -2.28. The Kier molecular flexibility index (Phi) is 9.11. The summed E-state index contributed by atoms with van der Waals surface area (Å²) < 4.78 is 22.3. The van der Waals surface area contributed by atoms with Crippen molar-refractivity contribution < 1.29 is 38.2 Å². The summed E-state index contributed by atoms with van der Waals surface area (Å²) in [5, 5.41) is 11.8. The molecule has 0 radical (unpaired) electrons. The monoisotopic (exact) mass is 531 g/mol. The quantitative estimate of drug-likeness (QED) is 0.385. The minimum absolute atomic E-state index is 0.0426. The van der Waals surface area contributed by atoms with Gasteiger partial charge in [0.15, 0.2) is 17.4 Å². The van der Waals surface area contributed by atoms with Crippen LogP contribution in [0.2, 0.25) is 0 Å². The summed E-state index contributed by atoms with van der Waals surface area (Å²) in [6.45, 7) is 7.18. The number of fused-ring (bicyclic) bond motifs is 1. The van der Waals surface area contributed by atoms with Crippen LogP contribution in [-0.4, -0.2) is 78.1 Å². The van der Waals surface area contributed by atoms with Crippen molar-refractivity contribution in [1.82, 2.24) is 14.9 Å².